The van der Waals surface area contributed by atoms with Crippen LogP contribution in [0.1, 0.15) is 22.7 Å². The first kappa shape index (κ1) is 18.3. The van der Waals surface area contributed by atoms with Crippen LogP contribution in [0.3, 0.4) is 0 Å². The number of fused-ring (bicyclic) bond motifs is 1. The molecule has 0 saturated heterocycles. The van der Waals surface area contributed by atoms with Crippen molar-refractivity contribution in [3.05, 3.63) is 121 Å². The molecule has 4 aromatic rings. The molecule has 0 spiro atoms. The quantitative estimate of drug-likeness (QED) is 0.563. The van der Waals surface area contributed by atoms with Gasteiger partial charge in [0, 0.05) is 5.56 Å². The van der Waals surface area contributed by atoms with Gasteiger partial charge in [0.1, 0.15) is 11.8 Å². The van der Waals surface area contributed by atoms with Crippen LogP contribution in [0, 0.1) is 0 Å². The number of phenols is 1. The van der Waals surface area contributed by atoms with E-state index in [1.165, 1.54) is 11.3 Å². The lowest BCUT2D eigenvalue weighted by Gasteiger charge is -2.22. The fourth-order valence-electron chi connectivity index (χ4n) is 3.55. The first-order valence-corrected chi connectivity index (χ1v) is 10.3. The van der Waals surface area contributed by atoms with Crippen LogP contribution in [-0.2, 0) is 0 Å². The summed E-state index contributed by atoms with van der Waals surface area (Å²) in [6, 6.07) is 26.1. The van der Waals surface area contributed by atoms with Gasteiger partial charge in [-0.3, -0.25) is 9.36 Å². The Balaban J connectivity index is 1.72. The Morgan fingerprint density at radius 3 is 2.23 bits per heavy atom. The van der Waals surface area contributed by atoms with Gasteiger partial charge in [-0.25, -0.2) is 0 Å². The summed E-state index contributed by atoms with van der Waals surface area (Å²) in [5, 5.41) is 18.4. The first-order chi connectivity index (χ1) is 14.7. The molecule has 146 valence electrons. The maximum absolute atomic E-state index is 13.4. The zero-order valence-corrected chi connectivity index (χ0v) is 16.7. The molecule has 5 rings (SSSR count). The van der Waals surface area contributed by atoms with Gasteiger partial charge in [0.25, 0.3) is 5.56 Å². The number of aromatic hydroxyl groups is 1. The summed E-state index contributed by atoms with van der Waals surface area (Å²) in [7, 11) is 0. The van der Waals surface area contributed by atoms with E-state index in [4.69, 9.17) is 0 Å². The molecule has 0 saturated carbocycles. The highest BCUT2D eigenvalue weighted by molar-refractivity contribution is 7.07. The Morgan fingerprint density at radius 2 is 1.53 bits per heavy atom. The van der Waals surface area contributed by atoms with E-state index in [0.717, 1.165) is 22.4 Å². The van der Waals surface area contributed by atoms with Crippen molar-refractivity contribution in [3.8, 4) is 5.75 Å². The van der Waals surface area contributed by atoms with Gasteiger partial charge < -0.3 is 5.11 Å². The van der Waals surface area contributed by atoms with Crippen LogP contribution in [0.25, 0.3) is 6.08 Å². The van der Waals surface area contributed by atoms with Crippen molar-refractivity contribution in [2.24, 2.45) is 10.2 Å². The molecule has 30 heavy (non-hydrogen) atoms. The first-order valence-electron chi connectivity index (χ1n) is 9.49. The van der Waals surface area contributed by atoms with Crippen molar-refractivity contribution in [2.75, 3.05) is 0 Å². The summed E-state index contributed by atoms with van der Waals surface area (Å²) in [6.07, 6.45) is 1.82. The van der Waals surface area contributed by atoms with E-state index in [1.54, 1.807) is 28.8 Å². The highest BCUT2D eigenvalue weighted by Crippen LogP contribution is 2.23. The number of hydrogen-bond acceptors (Lipinski definition) is 5. The molecule has 0 aliphatic carbocycles. The Kier molecular flexibility index (Phi) is 4.61. The molecule has 2 heterocycles. The Labute approximate surface area is 176 Å². The van der Waals surface area contributed by atoms with Crippen LogP contribution in [-0.4, -0.2) is 15.4 Å². The molecule has 3 aromatic carbocycles. The minimum absolute atomic E-state index is 0.107. The molecule has 0 fully saturated rings. The van der Waals surface area contributed by atoms with Crippen LogP contribution in [0.5, 0.6) is 5.75 Å². The highest BCUT2D eigenvalue weighted by Gasteiger charge is 2.28. The zero-order chi connectivity index (χ0) is 20.5. The average Bonchev–Trinajstić information content (AvgIpc) is 3.11. The summed E-state index contributed by atoms with van der Waals surface area (Å²) >= 11 is 1.32. The third-order valence-corrected chi connectivity index (χ3v) is 5.95. The molecule has 6 heteroatoms. The largest absolute Gasteiger partial charge is 0.508 e. The topological polar surface area (TPSA) is 66.9 Å². The number of aromatic nitrogens is 1. The predicted octanol–water partition coefficient (Wildman–Crippen LogP) is 3.07. The van der Waals surface area contributed by atoms with Gasteiger partial charge in [0.15, 0.2) is 0 Å². The van der Waals surface area contributed by atoms with Crippen LogP contribution in [0.2, 0.25) is 0 Å². The number of rotatable bonds is 3. The summed E-state index contributed by atoms with van der Waals surface area (Å²) < 4.78 is 2.30. The minimum atomic E-state index is -0.355. The molecule has 0 amide bonds. The summed E-state index contributed by atoms with van der Waals surface area (Å²) in [5.41, 5.74) is 3.38. The van der Waals surface area contributed by atoms with E-state index >= 15 is 0 Å². The second kappa shape index (κ2) is 7.57. The lowest BCUT2D eigenvalue weighted by molar-refractivity contribution is 0.475. The van der Waals surface area contributed by atoms with Gasteiger partial charge in [-0.05, 0) is 29.3 Å². The molecule has 0 radical (unpaired) electrons. The normalized spacial score (nSPS) is 15.9. The standard InChI is InChI=1S/C24H17N3O2S/c28-19-13-11-16(12-14-19)15-20-23(29)27-22(18-9-5-2-6-10-18)21(25-26-24(27)30-20)17-7-3-1-4-8-17/h1-15,22,28H/b20-15+/t22-/m1/s1. The van der Waals surface area contributed by atoms with Gasteiger partial charge in [0.2, 0.25) is 4.80 Å². The summed E-state index contributed by atoms with van der Waals surface area (Å²) in [5.74, 6) is 0.189. The molecule has 1 atom stereocenters. The zero-order valence-electron chi connectivity index (χ0n) is 15.8. The van der Waals surface area contributed by atoms with Crippen molar-refractivity contribution >= 4 is 23.1 Å². The monoisotopic (exact) mass is 411 g/mol. The van der Waals surface area contributed by atoms with Crippen LogP contribution < -0.4 is 14.9 Å². The van der Waals surface area contributed by atoms with Gasteiger partial charge in [-0.2, -0.15) is 0 Å². The van der Waals surface area contributed by atoms with E-state index < -0.39 is 0 Å². The summed E-state index contributed by atoms with van der Waals surface area (Å²) in [4.78, 5) is 14.0. The lowest BCUT2D eigenvalue weighted by Crippen LogP contribution is -2.40. The van der Waals surface area contributed by atoms with E-state index in [2.05, 4.69) is 10.2 Å². The van der Waals surface area contributed by atoms with Gasteiger partial charge >= 0.3 is 0 Å². The van der Waals surface area contributed by atoms with Gasteiger partial charge in [-0.1, -0.05) is 84.1 Å². The average molecular weight is 411 g/mol. The van der Waals surface area contributed by atoms with Crippen LogP contribution in [0.4, 0.5) is 0 Å². The van der Waals surface area contributed by atoms with Crippen molar-refractivity contribution in [1.29, 1.82) is 0 Å². The van der Waals surface area contributed by atoms with Crippen LogP contribution >= 0.6 is 11.3 Å². The molecule has 0 bridgehead atoms. The van der Waals surface area contributed by atoms with E-state index in [0.29, 0.717) is 9.33 Å². The van der Waals surface area contributed by atoms with E-state index in [9.17, 15) is 9.90 Å². The van der Waals surface area contributed by atoms with Gasteiger partial charge in [-0.15, -0.1) is 10.2 Å². The van der Waals surface area contributed by atoms with Crippen molar-refractivity contribution in [3.63, 3.8) is 0 Å². The number of hydrogen-bond donors (Lipinski definition) is 1. The molecular formula is C24H17N3O2S. The summed E-state index contributed by atoms with van der Waals surface area (Å²) in [6.45, 7) is 0. The van der Waals surface area contributed by atoms with Crippen molar-refractivity contribution in [1.82, 2.24) is 4.57 Å². The second-order valence-electron chi connectivity index (χ2n) is 6.92. The third-order valence-electron chi connectivity index (χ3n) is 4.97. The Bertz CT molecular complexity index is 1400. The van der Waals surface area contributed by atoms with Crippen molar-refractivity contribution in [2.45, 2.75) is 6.04 Å². The fraction of sp³-hybridized carbons (Fsp3) is 0.0417. The lowest BCUT2D eigenvalue weighted by atomic mass is 9.96. The molecule has 5 nitrogen and oxygen atoms in total. The second-order valence-corrected chi connectivity index (χ2v) is 7.93. The third kappa shape index (κ3) is 3.27. The number of phenolic OH excluding ortho intramolecular Hbond substituents is 1. The minimum Gasteiger partial charge on any atom is -0.508 e. The van der Waals surface area contributed by atoms with E-state index in [1.807, 2.05) is 66.7 Å². The molecule has 0 unspecified atom stereocenters. The van der Waals surface area contributed by atoms with Crippen molar-refractivity contribution < 1.29 is 5.11 Å². The van der Waals surface area contributed by atoms with Crippen LogP contribution in [0.15, 0.2) is 99.9 Å². The Hall–Kier alpha value is -3.77. The SMILES string of the molecule is O=c1/c(=C\c2ccc(O)cc2)sc2n1[C@H](c1ccccc1)C(c1ccccc1)=NN=2. The maximum atomic E-state index is 13.4. The Morgan fingerprint density at radius 1 is 0.867 bits per heavy atom. The molecule has 1 aromatic heterocycles. The number of nitrogens with zero attached hydrogens (tertiary/aromatic N) is 3. The van der Waals surface area contributed by atoms with Gasteiger partial charge in [0.05, 0.1) is 10.2 Å². The molecule has 1 aliphatic heterocycles. The molecular weight excluding hydrogens is 394 g/mol. The number of thiazole rings is 1. The molecule has 1 N–H and O–H groups in total. The highest BCUT2D eigenvalue weighted by atomic mass is 32.1. The molecule has 1 aliphatic rings. The van der Waals surface area contributed by atoms with E-state index in [-0.39, 0.29) is 17.4 Å². The maximum Gasteiger partial charge on any atom is 0.271 e. The number of benzene rings is 3. The fourth-order valence-corrected chi connectivity index (χ4v) is 4.49. The smallest absolute Gasteiger partial charge is 0.271 e. The predicted molar refractivity (Wildman–Crippen MR) is 119 cm³/mol.